The van der Waals surface area contributed by atoms with Gasteiger partial charge < -0.3 is 35.5 Å². The number of likely N-dealkylation sites (tertiary alicyclic amines) is 2. The number of aromatic nitrogens is 6. The average molecular weight is 1080 g/mol. The van der Waals surface area contributed by atoms with Crippen molar-refractivity contribution in [3.05, 3.63) is 158 Å². The summed E-state index contributed by atoms with van der Waals surface area (Å²) < 4.78 is 64.2. The van der Waals surface area contributed by atoms with E-state index < -0.39 is 29.3 Å². The Morgan fingerprint density at radius 3 is 1.96 bits per heavy atom. The summed E-state index contributed by atoms with van der Waals surface area (Å²) in [7, 11) is 0. The number of hydrogen-bond acceptors (Lipinski definition) is 15. The zero-order valence-corrected chi connectivity index (χ0v) is 43.8. The number of benzene rings is 4. The fourth-order valence-electron chi connectivity index (χ4n) is 10.6. The molecule has 17 nitrogen and oxygen atoms in total. The third-order valence-electron chi connectivity index (χ3n) is 14.7. The third kappa shape index (κ3) is 11.9. The number of halogens is 3. The Balaban J connectivity index is 0.767. The molecule has 0 spiro atoms. The Hall–Kier alpha value is -8.85. The van der Waals surface area contributed by atoms with E-state index in [1.165, 1.54) is 24.8 Å². The van der Waals surface area contributed by atoms with Gasteiger partial charge in [-0.1, -0.05) is 37.4 Å². The maximum atomic E-state index is 16.7. The van der Waals surface area contributed by atoms with Crippen molar-refractivity contribution < 1.29 is 37.0 Å². The van der Waals surface area contributed by atoms with E-state index in [9.17, 15) is 18.4 Å². The van der Waals surface area contributed by atoms with Crippen molar-refractivity contribution in [2.75, 3.05) is 60.7 Å². The van der Waals surface area contributed by atoms with Crippen LogP contribution in [0.15, 0.2) is 141 Å². The van der Waals surface area contributed by atoms with Gasteiger partial charge in [-0.25, -0.2) is 33.1 Å². The molecular weight excluding hydrogens is 1030 g/mol. The number of nitrogens with one attached hydrogen (secondary N) is 4. The number of pyridine rings is 2. The van der Waals surface area contributed by atoms with E-state index in [-0.39, 0.29) is 23.9 Å². The molecule has 8 aromatic rings. The monoisotopic (exact) mass is 1080 g/mol. The summed E-state index contributed by atoms with van der Waals surface area (Å²) in [5.41, 5.74) is 4.88. The standard InChI is InChI=1S/C60H57F3N12O5/c1-4-56(76)72-52-27-45-50(66-33-68-58(45)70-38-12-18-64-48(25-38)43-9-5-6-11-47(43)62)29-54(52)79-41-14-20-74(31-41)35(2)24-37-8-7-10-44(57(37)63)49-26-39(13-19-65-49)71-59-46-28-53(73-60(77)36(3)61)55(30-51(46)67-34-69-59)80-42-15-21-75(32-42)40-16-22-78-23-17-40/h4-13,18-19,25-30,33-35,40-42H,1,3,14-17,20-24,31-32H2,2H3,(H,72,76)(H,73,77)(H,64,66,68,70)(H,65,67,69,71)/t35?,41-,42-/m1/s1. The number of rotatable bonds is 18. The van der Waals surface area contributed by atoms with Crippen LogP contribution in [0.5, 0.6) is 11.5 Å². The van der Waals surface area contributed by atoms with Gasteiger partial charge in [0.15, 0.2) is 5.83 Å². The first-order chi connectivity index (χ1) is 38.9. The number of carbonyl (C=O) groups excluding carboxylic acids is 2. The van der Waals surface area contributed by atoms with Gasteiger partial charge in [0.05, 0.1) is 33.8 Å². The van der Waals surface area contributed by atoms with E-state index >= 15 is 4.39 Å². The zero-order valence-electron chi connectivity index (χ0n) is 43.8. The molecule has 1 unspecified atom stereocenters. The molecule has 408 valence electrons. The summed E-state index contributed by atoms with van der Waals surface area (Å²) in [6, 6.07) is 25.8. The van der Waals surface area contributed by atoms with E-state index in [1.807, 2.05) is 6.07 Å². The number of nitrogens with zero attached hydrogens (tertiary/aromatic N) is 8. The molecule has 3 fully saturated rings. The van der Waals surface area contributed by atoms with Gasteiger partial charge in [0, 0.05) is 109 Å². The van der Waals surface area contributed by atoms with Crippen molar-refractivity contribution in [2.45, 2.75) is 63.3 Å². The quantitative estimate of drug-likeness (QED) is 0.0593. The summed E-state index contributed by atoms with van der Waals surface area (Å²) in [5.74, 6) is -1.79. The first-order valence-electron chi connectivity index (χ1n) is 26.5. The predicted octanol–water partition coefficient (Wildman–Crippen LogP) is 10.7. The van der Waals surface area contributed by atoms with Gasteiger partial charge in [0.2, 0.25) is 5.91 Å². The lowest BCUT2D eigenvalue weighted by molar-refractivity contribution is -0.114. The van der Waals surface area contributed by atoms with E-state index in [4.69, 9.17) is 14.2 Å². The summed E-state index contributed by atoms with van der Waals surface area (Å²) in [5, 5.41) is 13.2. The van der Waals surface area contributed by atoms with Gasteiger partial charge in [0.25, 0.3) is 5.91 Å². The highest BCUT2D eigenvalue weighted by atomic mass is 19.1. The number of amides is 2. The summed E-state index contributed by atoms with van der Waals surface area (Å²) >= 11 is 0. The molecule has 0 saturated carbocycles. The van der Waals surface area contributed by atoms with Crippen LogP contribution in [0.25, 0.3) is 44.3 Å². The van der Waals surface area contributed by atoms with Crippen molar-refractivity contribution in [3.8, 4) is 34.0 Å². The van der Waals surface area contributed by atoms with Gasteiger partial charge in [-0.05, 0) is 105 Å². The van der Waals surface area contributed by atoms with E-state index in [0.717, 1.165) is 39.0 Å². The maximum Gasteiger partial charge on any atom is 0.283 e. The molecule has 0 aliphatic carbocycles. The van der Waals surface area contributed by atoms with E-state index in [1.54, 1.807) is 91.3 Å². The van der Waals surface area contributed by atoms with Crippen LogP contribution in [-0.4, -0.2) is 115 Å². The van der Waals surface area contributed by atoms with Crippen molar-refractivity contribution in [1.82, 2.24) is 39.7 Å². The number of fused-ring (bicyclic) bond motifs is 2. The maximum absolute atomic E-state index is 16.7. The highest BCUT2D eigenvalue weighted by Gasteiger charge is 2.32. The van der Waals surface area contributed by atoms with Crippen LogP contribution in [0.4, 0.5) is 47.6 Å². The van der Waals surface area contributed by atoms with Gasteiger partial charge >= 0.3 is 0 Å². The number of hydrogen-bond donors (Lipinski definition) is 4. The molecule has 4 N–H and O–H groups in total. The van der Waals surface area contributed by atoms with Crippen LogP contribution in [0, 0.1) is 11.6 Å². The third-order valence-corrected chi connectivity index (χ3v) is 14.7. The minimum atomic E-state index is -1.15. The molecule has 3 saturated heterocycles. The molecule has 4 aromatic heterocycles. The topological polar surface area (TPSA) is 194 Å². The van der Waals surface area contributed by atoms with Crippen LogP contribution >= 0.6 is 0 Å². The lowest BCUT2D eigenvalue weighted by Gasteiger charge is -2.30. The zero-order chi connectivity index (χ0) is 55.3. The number of anilines is 6. The Morgan fingerprint density at radius 1 is 0.725 bits per heavy atom. The first-order valence-corrected chi connectivity index (χ1v) is 26.5. The lowest BCUT2D eigenvalue weighted by atomic mass is 10.0. The summed E-state index contributed by atoms with van der Waals surface area (Å²) in [4.78, 5) is 57.1. The molecule has 0 bridgehead atoms. The second-order valence-electron chi connectivity index (χ2n) is 20.0. The molecule has 20 heteroatoms. The average Bonchev–Trinajstić information content (AvgIpc) is 4.16. The molecule has 7 heterocycles. The van der Waals surface area contributed by atoms with Gasteiger partial charge in [-0.15, -0.1) is 0 Å². The normalized spacial score (nSPS) is 17.2. The van der Waals surface area contributed by atoms with Crippen LogP contribution < -0.4 is 30.7 Å². The summed E-state index contributed by atoms with van der Waals surface area (Å²) in [6.45, 7) is 13.1. The fourth-order valence-corrected chi connectivity index (χ4v) is 10.6. The van der Waals surface area contributed by atoms with Crippen LogP contribution in [0.1, 0.15) is 38.2 Å². The SMILES string of the molecule is C=CC(=O)Nc1cc2c(Nc3ccnc(-c4ccccc4F)c3)ncnc2cc1O[C@@H]1CCN(C(C)Cc2cccc(-c3cc(Nc4ncnc5cc(O[C@@H]6CCN(C7CCOCC7)C6)c(NC(=O)C(=C)F)cc45)ccn3)c2F)C1. The van der Waals surface area contributed by atoms with Gasteiger partial charge in [0.1, 0.15) is 59.6 Å². The van der Waals surface area contributed by atoms with Gasteiger partial charge in [-0.3, -0.25) is 29.4 Å². The first kappa shape index (κ1) is 53.2. The fraction of sp³-hybridized carbons (Fsp3) is 0.267. The van der Waals surface area contributed by atoms with Crippen molar-refractivity contribution in [3.63, 3.8) is 0 Å². The van der Waals surface area contributed by atoms with Crippen molar-refractivity contribution in [2.24, 2.45) is 0 Å². The van der Waals surface area contributed by atoms with Gasteiger partial charge in [-0.2, -0.15) is 0 Å². The highest BCUT2D eigenvalue weighted by Crippen LogP contribution is 2.38. The molecule has 11 rings (SSSR count). The molecule has 3 atom stereocenters. The number of ether oxygens (including phenoxy) is 3. The largest absolute Gasteiger partial charge is 0.487 e. The molecule has 2 amide bonds. The minimum absolute atomic E-state index is 0.0844. The molecule has 3 aliphatic rings. The Kier molecular flexibility index (Phi) is 15.7. The molecule has 3 aliphatic heterocycles. The smallest absolute Gasteiger partial charge is 0.283 e. The molecular formula is C60H57F3N12O5. The lowest BCUT2D eigenvalue weighted by Crippen LogP contribution is -2.38. The number of carbonyl (C=O) groups is 2. The molecule has 4 aromatic carbocycles. The molecule has 80 heavy (non-hydrogen) atoms. The summed E-state index contributed by atoms with van der Waals surface area (Å²) in [6.07, 6.45) is 10.5. The van der Waals surface area contributed by atoms with E-state index in [2.05, 4.69) is 81.1 Å². The Morgan fingerprint density at radius 2 is 1.32 bits per heavy atom. The minimum Gasteiger partial charge on any atom is -0.487 e. The van der Waals surface area contributed by atoms with Crippen molar-refractivity contribution in [1.29, 1.82) is 0 Å². The van der Waals surface area contributed by atoms with Crippen LogP contribution in [-0.2, 0) is 20.7 Å². The van der Waals surface area contributed by atoms with Crippen LogP contribution in [0.3, 0.4) is 0 Å². The predicted molar refractivity (Wildman–Crippen MR) is 301 cm³/mol. The second-order valence-corrected chi connectivity index (χ2v) is 20.0. The highest BCUT2D eigenvalue weighted by molar-refractivity contribution is 6.05. The van der Waals surface area contributed by atoms with Crippen LogP contribution in [0.2, 0.25) is 0 Å². The van der Waals surface area contributed by atoms with Crippen molar-refractivity contribution >= 4 is 68.0 Å². The Bertz CT molecular complexity index is 3660. The van der Waals surface area contributed by atoms with E-state index in [0.29, 0.717) is 129 Å². The Labute approximate surface area is 459 Å². The molecule has 0 radical (unpaired) electrons. The second kappa shape index (κ2) is 23.6.